The Kier molecular flexibility index (Phi) is 14.4. The molecule has 9 heteroatoms. The predicted octanol–water partition coefficient (Wildman–Crippen LogP) is 1.93. The summed E-state index contributed by atoms with van der Waals surface area (Å²) in [6, 6.07) is 15.2. The smallest absolute Gasteiger partial charge is 0.240 e. The van der Waals surface area contributed by atoms with Gasteiger partial charge >= 0.3 is 0 Å². The van der Waals surface area contributed by atoms with Crippen LogP contribution in [0.4, 0.5) is 0 Å². The highest BCUT2D eigenvalue weighted by molar-refractivity contribution is 7.98. The van der Waals surface area contributed by atoms with Crippen LogP contribution in [-0.4, -0.2) is 57.9 Å². The van der Waals surface area contributed by atoms with E-state index in [4.69, 9.17) is 11.5 Å². The molecular formula is C23H34ClN3O4S. The average molecular weight is 484 g/mol. The molecule has 0 aliphatic carbocycles. The molecule has 0 unspecified atom stereocenters. The van der Waals surface area contributed by atoms with E-state index in [-0.39, 0.29) is 29.5 Å². The Balaban J connectivity index is 0.00000480. The fraction of sp³-hybridized carbons (Fsp3) is 0.391. The molecule has 7 nitrogen and oxygen atoms in total. The van der Waals surface area contributed by atoms with Gasteiger partial charge in [0.15, 0.2) is 0 Å². The van der Waals surface area contributed by atoms with Crippen molar-refractivity contribution in [1.82, 2.24) is 4.90 Å². The first kappa shape index (κ1) is 29.7. The Morgan fingerprint density at radius 2 is 1.69 bits per heavy atom. The van der Waals surface area contributed by atoms with Crippen LogP contribution < -0.4 is 11.5 Å². The molecule has 178 valence electrons. The normalized spacial score (nSPS) is 12.1. The summed E-state index contributed by atoms with van der Waals surface area (Å²) in [5, 5.41) is 9.44. The van der Waals surface area contributed by atoms with E-state index in [9.17, 15) is 14.7 Å². The second-order valence-corrected chi connectivity index (χ2v) is 8.28. The first-order valence-electron chi connectivity index (χ1n) is 10.1. The first-order chi connectivity index (χ1) is 14.4. The van der Waals surface area contributed by atoms with Gasteiger partial charge in [-0.2, -0.15) is 11.8 Å². The third-order valence-electron chi connectivity index (χ3n) is 5.00. The van der Waals surface area contributed by atoms with Crippen LogP contribution in [0.15, 0.2) is 54.6 Å². The topological polar surface area (TPSA) is 141 Å². The van der Waals surface area contributed by atoms with Gasteiger partial charge in [0.25, 0.3) is 0 Å². The Morgan fingerprint density at radius 3 is 2.25 bits per heavy atom. The number of nitrogens with two attached hydrogens (primary N) is 2. The van der Waals surface area contributed by atoms with Crippen molar-refractivity contribution in [3.63, 3.8) is 0 Å². The quantitative estimate of drug-likeness (QED) is 0.423. The summed E-state index contributed by atoms with van der Waals surface area (Å²) >= 11 is 1.61. The van der Waals surface area contributed by atoms with Crippen molar-refractivity contribution in [2.24, 2.45) is 11.5 Å². The number of benzene rings is 2. The maximum Gasteiger partial charge on any atom is 0.240 e. The molecule has 2 rings (SSSR count). The van der Waals surface area contributed by atoms with E-state index in [2.05, 4.69) is 0 Å². The number of phenolic OH excluding ortho intramolecular Hbond substituents is 1. The number of thioether (sulfide) groups is 1. The van der Waals surface area contributed by atoms with Gasteiger partial charge in [0.05, 0.1) is 6.04 Å². The molecule has 0 aliphatic heterocycles. The number of carbonyl (C=O) groups excluding carboxylic acids is 2. The fourth-order valence-corrected chi connectivity index (χ4v) is 3.84. The van der Waals surface area contributed by atoms with E-state index in [1.165, 1.54) is 5.56 Å². The summed E-state index contributed by atoms with van der Waals surface area (Å²) in [4.78, 5) is 26.9. The van der Waals surface area contributed by atoms with Gasteiger partial charge in [0.1, 0.15) is 11.8 Å². The van der Waals surface area contributed by atoms with Crippen LogP contribution in [0.5, 0.6) is 5.75 Å². The molecule has 0 fully saturated rings. The Hall–Kier alpha value is -2.26. The van der Waals surface area contributed by atoms with Crippen molar-refractivity contribution in [2.75, 3.05) is 18.6 Å². The van der Waals surface area contributed by atoms with Crippen molar-refractivity contribution < 1.29 is 20.2 Å². The van der Waals surface area contributed by atoms with E-state index >= 15 is 0 Å². The molecule has 2 aromatic carbocycles. The van der Waals surface area contributed by atoms with Gasteiger partial charge in [-0.05, 0) is 61.0 Å². The lowest BCUT2D eigenvalue weighted by Crippen LogP contribution is -2.54. The average Bonchev–Trinajstić information content (AvgIpc) is 2.74. The van der Waals surface area contributed by atoms with Gasteiger partial charge in [-0.3, -0.25) is 9.59 Å². The van der Waals surface area contributed by atoms with E-state index in [0.717, 1.165) is 17.7 Å². The summed E-state index contributed by atoms with van der Waals surface area (Å²) in [6.07, 6.45) is 4.29. The fourth-order valence-electron chi connectivity index (χ4n) is 3.39. The summed E-state index contributed by atoms with van der Waals surface area (Å²) < 4.78 is 0. The molecule has 0 heterocycles. The lowest BCUT2D eigenvalue weighted by Gasteiger charge is -2.32. The maximum atomic E-state index is 13.2. The van der Waals surface area contributed by atoms with E-state index < -0.39 is 18.0 Å². The number of nitrogens with zero attached hydrogens (tertiary/aromatic N) is 1. The van der Waals surface area contributed by atoms with Crippen LogP contribution in [0.1, 0.15) is 24.0 Å². The minimum atomic E-state index is -0.789. The minimum Gasteiger partial charge on any atom is -0.508 e. The zero-order valence-corrected chi connectivity index (χ0v) is 19.9. The Labute approximate surface area is 200 Å². The number of primary amides is 1. The molecule has 2 atom stereocenters. The molecule has 0 aliphatic rings. The van der Waals surface area contributed by atoms with Crippen LogP contribution >= 0.6 is 24.2 Å². The van der Waals surface area contributed by atoms with Gasteiger partial charge in [0.2, 0.25) is 11.8 Å². The number of halogens is 1. The molecule has 0 saturated carbocycles. The number of rotatable bonds is 12. The molecule has 0 bridgehead atoms. The zero-order chi connectivity index (χ0) is 21.9. The molecular weight excluding hydrogens is 450 g/mol. The lowest BCUT2D eigenvalue weighted by molar-refractivity contribution is -0.140. The van der Waals surface area contributed by atoms with E-state index in [1.54, 1.807) is 40.9 Å². The monoisotopic (exact) mass is 483 g/mol. The summed E-state index contributed by atoms with van der Waals surface area (Å²) in [5.41, 5.74) is 13.9. The third-order valence-corrected chi connectivity index (χ3v) is 5.64. The molecule has 0 saturated heterocycles. The van der Waals surface area contributed by atoms with Gasteiger partial charge in [-0.1, -0.05) is 42.5 Å². The second kappa shape index (κ2) is 15.5. The number of amides is 2. The molecule has 2 amide bonds. The van der Waals surface area contributed by atoms with Crippen LogP contribution in [0.25, 0.3) is 0 Å². The summed E-state index contributed by atoms with van der Waals surface area (Å²) in [7, 11) is 0. The molecule has 2 aromatic rings. The lowest BCUT2D eigenvalue weighted by atomic mass is 10.0. The Bertz CT molecular complexity index is 809. The number of hydrogen-bond donors (Lipinski definition) is 3. The van der Waals surface area contributed by atoms with Crippen molar-refractivity contribution >= 4 is 36.0 Å². The Morgan fingerprint density at radius 1 is 1.06 bits per heavy atom. The first-order valence-corrected chi connectivity index (χ1v) is 11.5. The highest BCUT2D eigenvalue weighted by Gasteiger charge is 2.30. The highest BCUT2D eigenvalue weighted by atomic mass is 35.5. The zero-order valence-electron chi connectivity index (χ0n) is 18.3. The van der Waals surface area contributed by atoms with Crippen molar-refractivity contribution in [2.45, 2.75) is 37.8 Å². The van der Waals surface area contributed by atoms with Crippen LogP contribution in [-0.2, 0) is 22.4 Å². The summed E-state index contributed by atoms with van der Waals surface area (Å²) in [5.74, 6) is 0.102. The predicted molar refractivity (Wildman–Crippen MR) is 133 cm³/mol. The highest BCUT2D eigenvalue weighted by Crippen LogP contribution is 2.15. The number of aromatic hydroxyl groups is 1. The number of phenols is 1. The molecule has 0 aromatic heterocycles. The minimum absolute atomic E-state index is 0. The summed E-state index contributed by atoms with van der Waals surface area (Å²) in [6.45, 7) is 0.416. The van der Waals surface area contributed by atoms with Crippen LogP contribution in [0.2, 0.25) is 0 Å². The van der Waals surface area contributed by atoms with E-state index in [0.29, 0.717) is 25.8 Å². The molecule has 7 N–H and O–H groups in total. The van der Waals surface area contributed by atoms with Crippen LogP contribution in [0.3, 0.4) is 0 Å². The standard InChI is InChI=1S/C23H31N3O3S.ClH.H2O/c1-30-15-13-21(22(25)28)26(14-5-8-17-6-3-2-4-7-17)23(29)20(24)16-18-9-11-19(27)12-10-18;;/h2-4,6-7,9-12,20-21,27H,5,8,13-16,24H2,1H3,(H2,25,28);1H;1H2/t20-,21+;;/m0../s1. The van der Waals surface area contributed by atoms with Crippen molar-refractivity contribution in [1.29, 1.82) is 0 Å². The molecule has 0 radical (unpaired) electrons. The largest absolute Gasteiger partial charge is 0.508 e. The number of aryl methyl sites for hydroxylation is 1. The van der Waals surface area contributed by atoms with E-state index in [1.807, 2.05) is 36.6 Å². The third kappa shape index (κ3) is 9.48. The van der Waals surface area contributed by atoms with Crippen molar-refractivity contribution in [3.05, 3.63) is 65.7 Å². The number of carbonyl (C=O) groups is 2. The second-order valence-electron chi connectivity index (χ2n) is 7.30. The van der Waals surface area contributed by atoms with Gasteiger partial charge in [0, 0.05) is 6.54 Å². The number of hydrogen-bond acceptors (Lipinski definition) is 5. The van der Waals surface area contributed by atoms with Gasteiger partial charge < -0.3 is 26.9 Å². The van der Waals surface area contributed by atoms with Gasteiger partial charge in [-0.15, -0.1) is 12.4 Å². The van der Waals surface area contributed by atoms with Crippen LogP contribution in [0, 0.1) is 0 Å². The molecule has 0 spiro atoms. The maximum absolute atomic E-state index is 13.2. The molecule has 32 heavy (non-hydrogen) atoms. The SMILES string of the molecule is CSCC[C@H](C(N)=O)N(CCCc1ccccc1)C(=O)[C@@H](N)Cc1ccc(O)cc1.Cl.O. The van der Waals surface area contributed by atoms with Crippen molar-refractivity contribution in [3.8, 4) is 5.75 Å². The van der Waals surface area contributed by atoms with Gasteiger partial charge in [-0.25, -0.2) is 0 Å².